The normalized spacial score (nSPS) is 10.6. The van der Waals surface area contributed by atoms with Gasteiger partial charge >= 0.3 is 0 Å². The van der Waals surface area contributed by atoms with Gasteiger partial charge in [-0.2, -0.15) is 0 Å². The minimum Gasteiger partial charge on any atom is -0.481 e. The molecule has 0 atom stereocenters. The second-order valence-corrected chi connectivity index (χ2v) is 6.43. The van der Waals surface area contributed by atoms with E-state index in [0.717, 1.165) is 22.2 Å². The van der Waals surface area contributed by atoms with Crippen LogP contribution in [0.4, 0.5) is 5.13 Å². The van der Waals surface area contributed by atoms with E-state index in [1.54, 1.807) is 12.3 Å². The summed E-state index contributed by atoms with van der Waals surface area (Å²) in [6.07, 6.45) is 1.70. The zero-order valence-electron chi connectivity index (χ0n) is 13.8. The minimum absolute atomic E-state index is 0.101. The summed E-state index contributed by atoms with van der Waals surface area (Å²) in [5, 5.41) is 6.21. The number of rotatable bonds is 5. The Morgan fingerprint density at radius 2 is 1.88 bits per heavy atom. The highest BCUT2D eigenvalue weighted by molar-refractivity contribution is 7.14. The second kappa shape index (κ2) is 7.33. The number of nitrogens with one attached hydrogen (secondary N) is 1. The van der Waals surface area contributed by atoms with Gasteiger partial charge in [0.15, 0.2) is 11.7 Å². The number of nitrogens with zero attached hydrogens (tertiary/aromatic N) is 2. The number of aromatic nitrogens is 2. The second-order valence-electron chi connectivity index (χ2n) is 5.57. The van der Waals surface area contributed by atoms with E-state index in [1.165, 1.54) is 11.3 Å². The highest BCUT2D eigenvalue weighted by atomic mass is 32.1. The first-order valence-electron chi connectivity index (χ1n) is 8.07. The summed E-state index contributed by atoms with van der Waals surface area (Å²) in [4.78, 5) is 20.9. The molecule has 4 aromatic rings. The van der Waals surface area contributed by atoms with Crippen LogP contribution in [-0.4, -0.2) is 22.5 Å². The van der Waals surface area contributed by atoms with Crippen LogP contribution < -0.4 is 10.1 Å². The molecular weight excluding hydrogens is 346 g/mol. The molecule has 26 heavy (non-hydrogen) atoms. The smallest absolute Gasteiger partial charge is 0.264 e. The molecule has 1 N–H and O–H groups in total. The van der Waals surface area contributed by atoms with E-state index in [-0.39, 0.29) is 12.5 Å². The third-order valence-electron chi connectivity index (χ3n) is 3.77. The van der Waals surface area contributed by atoms with Gasteiger partial charge in [0.2, 0.25) is 0 Å². The van der Waals surface area contributed by atoms with Gasteiger partial charge in [-0.05, 0) is 12.1 Å². The van der Waals surface area contributed by atoms with Crippen LogP contribution in [0.3, 0.4) is 0 Å². The molecular formula is C20H15N3O2S. The average molecular weight is 361 g/mol. The van der Waals surface area contributed by atoms with Gasteiger partial charge in [0.1, 0.15) is 11.3 Å². The lowest BCUT2D eigenvalue weighted by molar-refractivity contribution is -0.118. The van der Waals surface area contributed by atoms with Crippen LogP contribution in [0.15, 0.2) is 72.2 Å². The molecule has 2 heterocycles. The third-order valence-corrected chi connectivity index (χ3v) is 4.53. The molecule has 0 saturated carbocycles. The fraction of sp³-hybridized carbons (Fsp3) is 0.0500. The molecule has 2 aromatic carbocycles. The van der Waals surface area contributed by atoms with Crippen molar-refractivity contribution in [2.24, 2.45) is 0 Å². The molecule has 5 nitrogen and oxygen atoms in total. The summed E-state index contributed by atoms with van der Waals surface area (Å²) in [5.74, 6) is 0.328. The maximum Gasteiger partial charge on any atom is 0.264 e. The highest BCUT2D eigenvalue weighted by Gasteiger charge is 2.10. The number of anilines is 1. The molecule has 0 aliphatic carbocycles. The van der Waals surface area contributed by atoms with Gasteiger partial charge in [-0.1, -0.05) is 48.5 Å². The van der Waals surface area contributed by atoms with Gasteiger partial charge < -0.3 is 4.74 Å². The van der Waals surface area contributed by atoms with Crippen LogP contribution >= 0.6 is 11.3 Å². The number of carbonyl (C=O) groups is 1. The van der Waals surface area contributed by atoms with Crippen molar-refractivity contribution < 1.29 is 9.53 Å². The van der Waals surface area contributed by atoms with E-state index >= 15 is 0 Å². The monoisotopic (exact) mass is 361 g/mol. The van der Waals surface area contributed by atoms with E-state index < -0.39 is 0 Å². The Labute approximate surface area is 154 Å². The third kappa shape index (κ3) is 3.55. The first kappa shape index (κ1) is 16.2. The number of amides is 1. The first-order valence-corrected chi connectivity index (χ1v) is 8.95. The van der Waals surface area contributed by atoms with E-state index in [1.807, 2.05) is 60.0 Å². The maximum absolute atomic E-state index is 12.2. The average Bonchev–Trinajstić information content (AvgIpc) is 3.15. The predicted octanol–water partition coefficient (Wildman–Crippen LogP) is 4.38. The summed E-state index contributed by atoms with van der Waals surface area (Å²) in [6, 6.07) is 19.3. The number of ether oxygens (including phenoxy) is 1. The summed E-state index contributed by atoms with van der Waals surface area (Å²) >= 11 is 1.39. The Morgan fingerprint density at radius 1 is 1.04 bits per heavy atom. The van der Waals surface area contributed by atoms with Crippen molar-refractivity contribution in [2.45, 2.75) is 0 Å². The lowest BCUT2D eigenvalue weighted by Crippen LogP contribution is -2.20. The van der Waals surface area contributed by atoms with Crippen LogP contribution in [0.2, 0.25) is 0 Å². The van der Waals surface area contributed by atoms with Gasteiger partial charge in [-0.15, -0.1) is 11.3 Å². The molecule has 0 fully saturated rings. The zero-order chi connectivity index (χ0) is 17.8. The Balaban J connectivity index is 1.41. The standard InChI is InChI=1S/C20H15N3O2S/c24-18(12-25-17-10-4-8-15-9-5-11-21-19(15)17)23-20-22-16(13-26-20)14-6-2-1-3-7-14/h1-11,13H,12H2,(H,22,23,24). The van der Waals surface area contributed by atoms with Crippen molar-refractivity contribution in [3.05, 3.63) is 72.2 Å². The summed E-state index contributed by atoms with van der Waals surface area (Å²) in [5.41, 5.74) is 2.59. The quantitative estimate of drug-likeness (QED) is 0.573. The van der Waals surface area contributed by atoms with Crippen LogP contribution in [0.5, 0.6) is 5.75 Å². The largest absolute Gasteiger partial charge is 0.481 e. The van der Waals surface area contributed by atoms with Crippen LogP contribution in [0.1, 0.15) is 0 Å². The van der Waals surface area contributed by atoms with Crippen molar-refractivity contribution in [1.29, 1.82) is 0 Å². The number of thiazole rings is 1. The SMILES string of the molecule is O=C(COc1cccc2cccnc12)Nc1nc(-c2ccccc2)cs1. The number of pyridine rings is 1. The molecule has 2 aromatic heterocycles. The van der Waals surface area contributed by atoms with Crippen molar-refractivity contribution in [1.82, 2.24) is 9.97 Å². The molecule has 0 aliphatic heterocycles. The van der Waals surface area contributed by atoms with Crippen molar-refractivity contribution >= 4 is 33.3 Å². The number of benzene rings is 2. The molecule has 0 aliphatic rings. The number of fused-ring (bicyclic) bond motifs is 1. The van der Waals surface area contributed by atoms with Gasteiger partial charge in [-0.25, -0.2) is 4.98 Å². The fourth-order valence-corrected chi connectivity index (χ4v) is 3.30. The van der Waals surface area contributed by atoms with Crippen molar-refractivity contribution in [2.75, 3.05) is 11.9 Å². The molecule has 0 bridgehead atoms. The van der Waals surface area contributed by atoms with Gasteiger partial charge in [0.05, 0.1) is 5.69 Å². The van der Waals surface area contributed by atoms with Crippen LogP contribution in [0.25, 0.3) is 22.2 Å². The van der Waals surface area contributed by atoms with Crippen LogP contribution in [-0.2, 0) is 4.79 Å². The molecule has 0 saturated heterocycles. The Hall–Kier alpha value is -3.25. The molecule has 0 spiro atoms. The first-order chi connectivity index (χ1) is 12.8. The summed E-state index contributed by atoms with van der Waals surface area (Å²) in [7, 11) is 0. The predicted molar refractivity (Wildman–Crippen MR) is 103 cm³/mol. The molecule has 0 unspecified atom stereocenters. The molecule has 0 radical (unpaired) electrons. The van der Waals surface area contributed by atoms with Gasteiger partial charge in [-0.3, -0.25) is 15.1 Å². The minimum atomic E-state index is -0.258. The fourth-order valence-electron chi connectivity index (χ4n) is 2.56. The number of para-hydroxylation sites is 1. The Bertz CT molecular complexity index is 1040. The number of hydrogen-bond donors (Lipinski definition) is 1. The zero-order valence-corrected chi connectivity index (χ0v) is 14.6. The topological polar surface area (TPSA) is 64.1 Å². The molecule has 1 amide bonds. The summed E-state index contributed by atoms with van der Waals surface area (Å²) in [6.45, 7) is -0.101. The molecule has 128 valence electrons. The van der Waals surface area contributed by atoms with E-state index in [4.69, 9.17) is 4.74 Å². The van der Waals surface area contributed by atoms with E-state index in [2.05, 4.69) is 15.3 Å². The maximum atomic E-state index is 12.2. The van der Waals surface area contributed by atoms with Crippen molar-refractivity contribution in [3.63, 3.8) is 0 Å². The van der Waals surface area contributed by atoms with Crippen LogP contribution in [0, 0.1) is 0 Å². The van der Waals surface area contributed by atoms with Gasteiger partial charge in [0.25, 0.3) is 5.91 Å². The Kier molecular flexibility index (Phi) is 4.57. The van der Waals surface area contributed by atoms with Gasteiger partial charge in [0, 0.05) is 22.5 Å². The molecule has 4 rings (SSSR count). The lowest BCUT2D eigenvalue weighted by Gasteiger charge is -2.08. The lowest BCUT2D eigenvalue weighted by atomic mass is 10.2. The van der Waals surface area contributed by atoms with Crippen molar-refractivity contribution in [3.8, 4) is 17.0 Å². The van der Waals surface area contributed by atoms with E-state index in [9.17, 15) is 4.79 Å². The number of hydrogen-bond acceptors (Lipinski definition) is 5. The molecule has 6 heteroatoms. The number of carbonyl (C=O) groups excluding carboxylic acids is 1. The van der Waals surface area contributed by atoms with E-state index in [0.29, 0.717) is 10.9 Å². The highest BCUT2D eigenvalue weighted by Crippen LogP contribution is 2.25. The summed E-state index contributed by atoms with van der Waals surface area (Å²) < 4.78 is 5.65. The Morgan fingerprint density at radius 3 is 2.77 bits per heavy atom.